The Hall–Kier alpha value is -1.68. The number of amides is 1. The van der Waals surface area contributed by atoms with E-state index in [1.54, 1.807) is 20.8 Å². The number of carbonyl (C=O) groups excluding carboxylic acids is 1. The number of halogens is 4. The van der Waals surface area contributed by atoms with Gasteiger partial charge in [-0.3, -0.25) is 0 Å². The second kappa shape index (κ2) is 8.59. The zero-order chi connectivity index (χ0) is 22.0. The monoisotopic (exact) mass is 457 g/mol. The van der Waals surface area contributed by atoms with E-state index in [4.69, 9.17) is 20.2 Å². The number of ether oxygens (including phenoxy) is 2. The van der Waals surface area contributed by atoms with E-state index >= 15 is 0 Å². The maximum absolute atomic E-state index is 12.7. The number of nitrogens with zero attached hydrogens (tertiary/aromatic N) is 1. The van der Waals surface area contributed by atoms with Crippen LogP contribution in [0.4, 0.5) is 18.0 Å². The van der Waals surface area contributed by atoms with Gasteiger partial charge in [0.05, 0.1) is 5.56 Å². The van der Waals surface area contributed by atoms with E-state index in [0.717, 1.165) is 24.3 Å². The minimum atomic E-state index is -4.49. The van der Waals surface area contributed by atoms with Crippen LogP contribution in [-0.4, -0.2) is 50.0 Å². The van der Waals surface area contributed by atoms with E-state index < -0.39 is 44.3 Å². The molecule has 0 radical (unpaired) electrons. The third-order valence-electron chi connectivity index (χ3n) is 4.23. The van der Waals surface area contributed by atoms with Crippen molar-refractivity contribution in [3.8, 4) is 5.75 Å². The number of rotatable bonds is 5. The summed E-state index contributed by atoms with van der Waals surface area (Å²) in [5.74, 6) is -0.833. The number of hydrogen-bond acceptors (Lipinski definition) is 5. The van der Waals surface area contributed by atoms with Crippen LogP contribution in [0.5, 0.6) is 5.75 Å². The molecule has 0 spiro atoms. The highest BCUT2D eigenvalue weighted by atomic mass is 35.7. The third kappa shape index (κ3) is 7.58. The lowest BCUT2D eigenvalue weighted by atomic mass is 10.0. The molecule has 6 nitrogen and oxygen atoms in total. The molecule has 2 rings (SSSR count). The summed E-state index contributed by atoms with van der Waals surface area (Å²) in [5.41, 5.74) is -1.52. The van der Waals surface area contributed by atoms with Gasteiger partial charge in [0.1, 0.15) is 23.2 Å². The average Bonchev–Trinajstić information content (AvgIpc) is 3.01. The summed E-state index contributed by atoms with van der Waals surface area (Å²) >= 11 is 0. The second-order valence-corrected chi connectivity index (χ2v) is 10.7. The number of hydrogen-bond donors (Lipinski definition) is 0. The Balaban J connectivity index is 2.12. The highest BCUT2D eigenvalue weighted by Gasteiger charge is 2.37. The number of carbonyl (C=O) groups is 1. The molecule has 1 aliphatic heterocycles. The average molecular weight is 458 g/mol. The molecule has 1 aliphatic rings. The normalized spacial score (nSPS) is 19.1. The summed E-state index contributed by atoms with van der Waals surface area (Å²) in [7, 11) is 1.44. The highest BCUT2D eigenvalue weighted by molar-refractivity contribution is 8.13. The van der Waals surface area contributed by atoms with Gasteiger partial charge in [-0.1, -0.05) is 0 Å². The first-order valence-electron chi connectivity index (χ1n) is 8.88. The van der Waals surface area contributed by atoms with Gasteiger partial charge in [0.2, 0.25) is 9.05 Å². The molecule has 11 heteroatoms. The SMILES string of the molecule is CC(C)(C)OC(=O)N1CCC([C@@H](CS(=O)(=O)Cl)Oc2ccc(C(F)(F)F)cc2)C1. The van der Waals surface area contributed by atoms with E-state index in [1.165, 1.54) is 4.90 Å². The Bertz CT molecular complexity index is 821. The molecular weight excluding hydrogens is 435 g/mol. The summed E-state index contributed by atoms with van der Waals surface area (Å²) in [6.07, 6.45) is -5.50. The standard InChI is InChI=1S/C18H23ClF3NO5S/c1-17(2,3)28-16(24)23-9-8-12(10-23)15(11-29(19,25)26)27-14-6-4-13(5-7-14)18(20,21)22/h4-7,12,15H,8-11H2,1-3H3/t12?,15-/m1/s1. The first kappa shape index (κ1) is 23.6. The summed E-state index contributed by atoms with van der Waals surface area (Å²) < 4.78 is 72.3. The molecule has 0 bridgehead atoms. The fourth-order valence-corrected chi connectivity index (χ4v) is 4.05. The van der Waals surface area contributed by atoms with E-state index in [-0.39, 0.29) is 18.2 Å². The second-order valence-electron chi connectivity index (χ2n) is 7.86. The van der Waals surface area contributed by atoms with Gasteiger partial charge in [-0.2, -0.15) is 13.2 Å². The predicted molar refractivity (Wildman–Crippen MR) is 101 cm³/mol. The smallest absolute Gasteiger partial charge is 0.416 e. The minimum Gasteiger partial charge on any atom is -0.489 e. The third-order valence-corrected chi connectivity index (χ3v) is 5.34. The first-order chi connectivity index (χ1) is 13.1. The maximum atomic E-state index is 12.7. The molecule has 0 aliphatic carbocycles. The Kier molecular flexibility index (Phi) is 6.99. The van der Waals surface area contributed by atoms with Gasteiger partial charge in [0.15, 0.2) is 0 Å². The summed E-state index contributed by atoms with van der Waals surface area (Å²) in [5, 5.41) is 0. The molecule has 1 aromatic carbocycles. The van der Waals surface area contributed by atoms with Crippen LogP contribution < -0.4 is 4.74 Å². The van der Waals surface area contributed by atoms with Crippen LogP contribution in [0.2, 0.25) is 0 Å². The van der Waals surface area contributed by atoms with Crippen molar-refractivity contribution < 1.29 is 35.9 Å². The molecule has 1 heterocycles. The molecule has 1 aromatic rings. The summed E-state index contributed by atoms with van der Waals surface area (Å²) in [6.45, 7) is 5.72. The lowest BCUT2D eigenvalue weighted by Crippen LogP contribution is -2.38. The molecule has 1 amide bonds. The van der Waals surface area contributed by atoms with Gasteiger partial charge < -0.3 is 14.4 Å². The molecule has 1 saturated heterocycles. The Labute approximate surface area is 172 Å². The molecule has 2 atom stereocenters. The Morgan fingerprint density at radius 1 is 1.24 bits per heavy atom. The topological polar surface area (TPSA) is 72.9 Å². The molecule has 164 valence electrons. The van der Waals surface area contributed by atoms with Crippen LogP contribution in [0, 0.1) is 5.92 Å². The molecule has 29 heavy (non-hydrogen) atoms. The van der Waals surface area contributed by atoms with Gasteiger partial charge in [-0.15, -0.1) is 0 Å². The van der Waals surface area contributed by atoms with Crippen molar-refractivity contribution in [1.82, 2.24) is 4.90 Å². The van der Waals surface area contributed by atoms with Crippen molar-refractivity contribution in [3.63, 3.8) is 0 Å². The number of likely N-dealkylation sites (tertiary alicyclic amines) is 1. The fourth-order valence-electron chi connectivity index (χ4n) is 2.94. The van der Waals surface area contributed by atoms with E-state index in [9.17, 15) is 26.4 Å². The van der Waals surface area contributed by atoms with E-state index in [2.05, 4.69) is 0 Å². The summed E-state index contributed by atoms with van der Waals surface area (Å²) in [4.78, 5) is 13.7. The molecule has 0 N–H and O–H groups in total. The largest absolute Gasteiger partial charge is 0.489 e. The Morgan fingerprint density at radius 3 is 2.31 bits per heavy atom. The van der Waals surface area contributed by atoms with Crippen molar-refractivity contribution in [1.29, 1.82) is 0 Å². The van der Waals surface area contributed by atoms with Gasteiger partial charge in [-0.05, 0) is 51.5 Å². The molecule has 1 fully saturated rings. The molecule has 0 saturated carbocycles. The predicted octanol–water partition coefficient (Wildman–Crippen LogP) is 4.28. The van der Waals surface area contributed by atoms with Gasteiger partial charge in [-0.25, -0.2) is 13.2 Å². The van der Waals surface area contributed by atoms with Crippen LogP contribution in [-0.2, 0) is 20.0 Å². The van der Waals surface area contributed by atoms with Crippen LogP contribution in [0.3, 0.4) is 0 Å². The van der Waals surface area contributed by atoms with Gasteiger partial charge in [0.25, 0.3) is 0 Å². The van der Waals surface area contributed by atoms with Crippen LogP contribution in [0.25, 0.3) is 0 Å². The van der Waals surface area contributed by atoms with Crippen LogP contribution >= 0.6 is 10.7 Å². The molecular formula is C18H23ClF3NO5S. The lowest BCUT2D eigenvalue weighted by Gasteiger charge is -2.26. The Morgan fingerprint density at radius 2 is 1.83 bits per heavy atom. The van der Waals surface area contributed by atoms with E-state index in [1.807, 2.05) is 0 Å². The van der Waals surface area contributed by atoms with Gasteiger partial charge in [0, 0.05) is 29.7 Å². The highest BCUT2D eigenvalue weighted by Crippen LogP contribution is 2.32. The van der Waals surface area contributed by atoms with Crippen molar-refractivity contribution in [3.05, 3.63) is 29.8 Å². The maximum Gasteiger partial charge on any atom is 0.416 e. The van der Waals surface area contributed by atoms with Crippen molar-refractivity contribution in [2.75, 3.05) is 18.8 Å². The van der Waals surface area contributed by atoms with Crippen molar-refractivity contribution in [2.45, 2.75) is 45.1 Å². The quantitative estimate of drug-likeness (QED) is 0.617. The first-order valence-corrected chi connectivity index (χ1v) is 11.4. The van der Waals surface area contributed by atoms with Crippen LogP contribution in [0.15, 0.2) is 24.3 Å². The van der Waals surface area contributed by atoms with Crippen LogP contribution in [0.1, 0.15) is 32.8 Å². The summed E-state index contributed by atoms with van der Waals surface area (Å²) in [6, 6.07) is 3.95. The number of benzene rings is 1. The van der Waals surface area contributed by atoms with Crippen molar-refractivity contribution in [2.24, 2.45) is 5.92 Å². The molecule has 0 aromatic heterocycles. The lowest BCUT2D eigenvalue weighted by molar-refractivity contribution is -0.137. The zero-order valence-corrected chi connectivity index (χ0v) is 17.8. The minimum absolute atomic E-state index is 0.0824. The zero-order valence-electron chi connectivity index (χ0n) is 16.2. The number of alkyl halides is 3. The molecule has 1 unspecified atom stereocenters. The van der Waals surface area contributed by atoms with Gasteiger partial charge >= 0.3 is 12.3 Å². The fraction of sp³-hybridized carbons (Fsp3) is 0.611. The van der Waals surface area contributed by atoms with Crippen molar-refractivity contribution >= 4 is 25.8 Å². The van der Waals surface area contributed by atoms with E-state index in [0.29, 0.717) is 13.0 Å².